The van der Waals surface area contributed by atoms with Gasteiger partial charge in [0.05, 0.1) is 17.9 Å². The fourth-order valence-electron chi connectivity index (χ4n) is 2.12. The summed E-state index contributed by atoms with van der Waals surface area (Å²) in [5.41, 5.74) is 5.20. The summed E-state index contributed by atoms with van der Waals surface area (Å²) < 4.78 is 1.95. The molecule has 0 spiro atoms. The van der Waals surface area contributed by atoms with Gasteiger partial charge in [-0.3, -0.25) is 15.5 Å². The topological polar surface area (TPSA) is 71.3 Å². The van der Waals surface area contributed by atoms with Gasteiger partial charge in [-0.25, -0.2) is 14.7 Å². The molecular formula is C13H22ClN5O. The van der Waals surface area contributed by atoms with Gasteiger partial charge in [-0.05, 0) is 19.8 Å². The number of hydrogen-bond acceptors (Lipinski definition) is 4. The van der Waals surface area contributed by atoms with Gasteiger partial charge in [0.1, 0.15) is 5.82 Å². The van der Waals surface area contributed by atoms with Crippen LogP contribution in [0.1, 0.15) is 50.3 Å². The molecule has 1 aliphatic rings. The van der Waals surface area contributed by atoms with Crippen molar-refractivity contribution in [2.45, 2.75) is 53.0 Å². The van der Waals surface area contributed by atoms with Crippen LogP contribution in [-0.2, 0) is 17.8 Å². The Morgan fingerprint density at radius 3 is 2.80 bits per heavy atom. The number of guanidine groups is 1. The molecule has 0 atom stereocenters. The van der Waals surface area contributed by atoms with Crippen LogP contribution >= 0.6 is 12.4 Å². The average molecular weight is 300 g/mol. The summed E-state index contributed by atoms with van der Waals surface area (Å²) in [6, 6.07) is 0. The number of imidazole rings is 1. The minimum atomic E-state index is -0.00826. The van der Waals surface area contributed by atoms with Crippen LogP contribution in [0.2, 0.25) is 0 Å². The van der Waals surface area contributed by atoms with E-state index in [9.17, 15) is 4.79 Å². The van der Waals surface area contributed by atoms with Gasteiger partial charge < -0.3 is 0 Å². The van der Waals surface area contributed by atoms with E-state index in [-0.39, 0.29) is 18.3 Å². The Labute approximate surface area is 125 Å². The molecule has 112 valence electrons. The van der Waals surface area contributed by atoms with Gasteiger partial charge in [0, 0.05) is 12.8 Å². The molecule has 1 aliphatic heterocycles. The number of aryl methyl sites for hydroxylation is 2. The molecule has 0 aliphatic carbocycles. The molecule has 2 N–H and O–H groups in total. The Hall–Kier alpha value is -1.56. The molecule has 0 saturated heterocycles. The van der Waals surface area contributed by atoms with Crippen LogP contribution in [0.5, 0.6) is 0 Å². The van der Waals surface area contributed by atoms with Crippen molar-refractivity contribution in [3.8, 4) is 0 Å². The van der Waals surface area contributed by atoms with E-state index in [0.717, 1.165) is 36.5 Å². The van der Waals surface area contributed by atoms with Crippen LogP contribution in [0.15, 0.2) is 4.99 Å². The minimum absolute atomic E-state index is 0. The number of aromatic nitrogens is 2. The Morgan fingerprint density at radius 2 is 2.15 bits per heavy atom. The second-order valence-corrected chi connectivity index (χ2v) is 4.72. The number of halogens is 1. The Morgan fingerprint density at radius 1 is 1.40 bits per heavy atom. The number of nitrogens with one attached hydrogen (secondary N) is 2. The number of hydrogen-bond donors (Lipinski definition) is 2. The lowest BCUT2D eigenvalue weighted by Crippen LogP contribution is -2.42. The van der Waals surface area contributed by atoms with Crippen molar-refractivity contribution in [1.29, 1.82) is 0 Å². The summed E-state index contributed by atoms with van der Waals surface area (Å²) in [5.74, 6) is 1.50. The van der Waals surface area contributed by atoms with Crippen LogP contribution < -0.4 is 10.7 Å². The Kier molecular flexibility index (Phi) is 6.01. The second-order valence-electron chi connectivity index (χ2n) is 4.72. The molecule has 0 radical (unpaired) electrons. The average Bonchev–Trinajstić information content (AvgIpc) is 2.67. The normalized spacial score (nSPS) is 12.8. The lowest BCUT2D eigenvalue weighted by Gasteiger charge is -2.20. The third-order valence-corrected chi connectivity index (χ3v) is 3.06. The van der Waals surface area contributed by atoms with Gasteiger partial charge in [-0.1, -0.05) is 13.8 Å². The largest absolute Gasteiger partial charge is 0.295 e. The number of amides is 1. The number of nitrogens with zero attached hydrogens (tertiary/aromatic N) is 3. The monoisotopic (exact) mass is 299 g/mol. The summed E-state index contributed by atoms with van der Waals surface area (Å²) in [7, 11) is 0. The molecule has 6 nitrogen and oxygen atoms in total. The van der Waals surface area contributed by atoms with E-state index in [1.165, 1.54) is 0 Å². The SMILES string of the molecule is CCCC(=O)NC1=NCc2c(C)nc(CCC)n2N1.Cl. The number of rotatable bonds is 4. The lowest BCUT2D eigenvalue weighted by molar-refractivity contribution is -0.119. The van der Waals surface area contributed by atoms with E-state index in [1.807, 2.05) is 18.5 Å². The maximum absolute atomic E-state index is 11.6. The molecule has 1 aromatic heterocycles. The zero-order valence-corrected chi connectivity index (χ0v) is 13.0. The van der Waals surface area contributed by atoms with Crippen molar-refractivity contribution < 1.29 is 4.79 Å². The first-order chi connectivity index (χ1) is 9.15. The zero-order valence-electron chi connectivity index (χ0n) is 12.2. The van der Waals surface area contributed by atoms with Crippen molar-refractivity contribution in [1.82, 2.24) is 15.0 Å². The predicted octanol–water partition coefficient (Wildman–Crippen LogP) is 1.90. The molecule has 1 amide bonds. The van der Waals surface area contributed by atoms with Gasteiger partial charge in [0.25, 0.3) is 0 Å². The lowest BCUT2D eigenvalue weighted by atomic mass is 10.3. The van der Waals surface area contributed by atoms with E-state index >= 15 is 0 Å². The Balaban J connectivity index is 0.00000200. The van der Waals surface area contributed by atoms with E-state index in [4.69, 9.17) is 0 Å². The zero-order chi connectivity index (χ0) is 13.8. The summed E-state index contributed by atoms with van der Waals surface area (Å²) in [5, 5.41) is 2.79. The van der Waals surface area contributed by atoms with Crippen LogP contribution in [0.4, 0.5) is 0 Å². The number of carbonyl (C=O) groups is 1. The fraction of sp³-hybridized carbons (Fsp3) is 0.615. The molecule has 0 bridgehead atoms. The van der Waals surface area contributed by atoms with Crippen molar-refractivity contribution in [2.75, 3.05) is 5.43 Å². The quantitative estimate of drug-likeness (QED) is 0.892. The summed E-state index contributed by atoms with van der Waals surface area (Å²) in [6.45, 7) is 6.64. The van der Waals surface area contributed by atoms with Crippen LogP contribution in [0.3, 0.4) is 0 Å². The van der Waals surface area contributed by atoms with Gasteiger partial charge in [0.2, 0.25) is 11.9 Å². The molecular weight excluding hydrogens is 278 g/mol. The van der Waals surface area contributed by atoms with E-state index < -0.39 is 0 Å². The molecule has 0 fully saturated rings. The van der Waals surface area contributed by atoms with Gasteiger partial charge >= 0.3 is 0 Å². The standard InChI is InChI=1S/C13H21N5O.ClH/c1-4-6-11-15-9(3)10-8-14-13(17-18(10)11)16-12(19)7-5-2;/h4-8H2,1-3H3,(H2,14,16,17,19);1H. The van der Waals surface area contributed by atoms with E-state index in [2.05, 4.69) is 27.6 Å². The van der Waals surface area contributed by atoms with Crippen molar-refractivity contribution in [3.05, 3.63) is 17.2 Å². The highest BCUT2D eigenvalue weighted by Gasteiger charge is 2.19. The Bertz CT molecular complexity index is 509. The molecule has 0 aromatic carbocycles. The number of fused-ring (bicyclic) bond motifs is 1. The van der Waals surface area contributed by atoms with E-state index in [0.29, 0.717) is 18.9 Å². The first-order valence-electron chi connectivity index (χ1n) is 6.84. The van der Waals surface area contributed by atoms with Crippen LogP contribution in [0.25, 0.3) is 0 Å². The predicted molar refractivity (Wildman–Crippen MR) is 81.8 cm³/mol. The van der Waals surface area contributed by atoms with Crippen LogP contribution in [0, 0.1) is 6.92 Å². The number of carbonyl (C=O) groups excluding carboxylic acids is 1. The van der Waals surface area contributed by atoms with Crippen molar-refractivity contribution >= 4 is 24.3 Å². The van der Waals surface area contributed by atoms with Gasteiger partial charge in [0.15, 0.2) is 0 Å². The van der Waals surface area contributed by atoms with E-state index in [1.54, 1.807) is 0 Å². The first-order valence-corrected chi connectivity index (χ1v) is 6.84. The molecule has 20 heavy (non-hydrogen) atoms. The first kappa shape index (κ1) is 16.5. The highest BCUT2D eigenvalue weighted by atomic mass is 35.5. The van der Waals surface area contributed by atoms with Crippen molar-refractivity contribution in [2.24, 2.45) is 4.99 Å². The second kappa shape index (κ2) is 7.28. The van der Waals surface area contributed by atoms with Gasteiger partial charge in [-0.15, -0.1) is 12.4 Å². The highest BCUT2D eigenvalue weighted by Crippen LogP contribution is 2.15. The third kappa shape index (κ3) is 3.50. The molecule has 0 saturated carbocycles. The van der Waals surface area contributed by atoms with Crippen molar-refractivity contribution in [3.63, 3.8) is 0 Å². The molecule has 2 heterocycles. The molecule has 7 heteroatoms. The maximum atomic E-state index is 11.6. The molecule has 1 aromatic rings. The highest BCUT2D eigenvalue weighted by molar-refractivity contribution is 6.01. The van der Waals surface area contributed by atoms with Gasteiger partial charge in [-0.2, -0.15) is 0 Å². The fourth-order valence-corrected chi connectivity index (χ4v) is 2.12. The molecule has 2 rings (SSSR count). The van der Waals surface area contributed by atoms with Crippen LogP contribution in [-0.4, -0.2) is 21.5 Å². The molecule has 0 unspecified atom stereocenters. The summed E-state index contributed by atoms with van der Waals surface area (Å²) >= 11 is 0. The third-order valence-electron chi connectivity index (χ3n) is 3.06. The smallest absolute Gasteiger partial charge is 0.226 e. The summed E-state index contributed by atoms with van der Waals surface area (Å²) in [6.07, 6.45) is 3.28. The number of aliphatic imine (C=N–C) groups is 1. The maximum Gasteiger partial charge on any atom is 0.226 e. The summed E-state index contributed by atoms with van der Waals surface area (Å²) in [4.78, 5) is 20.5. The minimum Gasteiger partial charge on any atom is -0.295 e.